The summed E-state index contributed by atoms with van der Waals surface area (Å²) in [6, 6.07) is -0.829. The molecule has 8 heteroatoms. The first-order chi connectivity index (χ1) is 17.4. The summed E-state index contributed by atoms with van der Waals surface area (Å²) in [6.45, 7) is 6.91. The molecule has 37 heavy (non-hydrogen) atoms. The number of hydrogen-bond donors (Lipinski definition) is 5. The summed E-state index contributed by atoms with van der Waals surface area (Å²) in [4.78, 5) is 24.1. The van der Waals surface area contributed by atoms with Gasteiger partial charge in [0.2, 0.25) is 5.91 Å². The zero-order chi connectivity index (χ0) is 27.1. The van der Waals surface area contributed by atoms with Gasteiger partial charge >= 0.3 is 5.97 Å². The SMILES string of the molecule is CSCC[C@H](NC(=O)CC[C@@H](C)[C@H]1CC[C@H]2[C@@H]3[C@H](O)[C@H](O)[C@@H]4C[C@H](O)CC[C@]4(C)[C@H]3CC[C@]12C)C(=O)O. The lowest BCUT2D eigenvalue weighted by molar-refractivity contribution is -0.223. The topological polar surface area (TPSA) is 127 Å². The monoisotopic (exact) mass is 539 g/mol. The van der Waals surface area contributed by atoms with E-state index in [4.69, 9.17) is 0 Å². The molecular formula is C29H49NO6S. The third-order valence-electron chi connectivity index (χ3n) is 11.6. The number of carbonyl (C=O) groups excluding carboxylic acids is 1. The maximum Gasteiger partial charge on any atom is 0.326 e. The molecule has 0 unspecified atom stereocenters. The lowest BCUT2D eigenvalue weighted by Gasteiger charge is -2.63. The van der Waals surface area contributed by atoms with Gasteiger partial charge in [0.05, 0.1) is 18.3 Å². The molecule has 12 atom stereocenters. The van der Waals surface area contributed by atoms with Gasteiger partial charge in [-0.15, -0.1) is 0 Å². The lowest BCUT2D eigenvalue weighted by Crippen LogP contribution is -2.64. The van der Waals surface area contributed by atoms with E-state index in [1.54, 1.807) is 11.8 Å². The molecule has 4 rings (SSSR count). The van der Waals surface area contributed by atoms with Crippen LogP contribution in [0.25, 0.3) is 0 Å². The average molecular weight is 540 g/mol. The van der Waals surface area contributed by atoms with Crippen LogP contribution in [-0.4, -0.2) is 68.7 Å². The average Bonchev–Trinajstić information content (AvgIpc) is 3.21. The van der Waals surface area contributed by atoms with Crippen molar-refractivity contribution in [2.75, 3.05) is 12.0 Å². The predicted octanol–water partition coefficient (Wildman–Crippen LogP) is 3.69. The number of rotatable bonds is 9. The van der Waals surface area contributed by atoms with Crippen LogP contribution in [0.3, 0.4) is 0 Å². The zero-order valence-electron chi connectivity index (χ0n) is 23.1. The Labute approximate surface area is 226 Å². The van der Waals surface area contributed by atoms with Crippen molar-refractivity contribution in [3.8, 4) is 0 Å². The van der Waals surface area contributed by atoms with E-state index < -0.39 is 24.2 Å². The Balaban J connectivity index is 1.42. The molecule has 0 bridgehead atoms. The fourth-order valence-corrected chi connectivity index (χ4v) is 10.0. The van der Waals surface area contributed by atoms with Gasteiger partial charge in [-0.25, -0.2) is 4.79 Å². The molecule has 0 aliphatic heterocycles. The molecule has 0 saturated heterocycles. The first kappa shape index (κ1) is 29.2. The van der Waals surface area contributed by atoms with E-state index in [2.05, 4.69) is 26.1 Å². The minimum Gasteiger partial charge on any atom is -0.480 e. The van der Waals surface area contributed by atoms with Gasteiger partial charge in [0.25, 0.3) is 0 Å². The third-order valence-corrected chi connectivity index (χ3v) is 12.2. The molecule has 7 nitrogen and oxygen atoms in total. The van der Waals surface area contributed by atoms with Gasteiger partial charge < -0.3 is 25.7 Å². The van der Waals surface area contributed by atoms with E-state index >= 15 is 0 Å². The summed E-state index contributed by atoms with van der Waals surface area (Å²) in [5.41, 5.74) is 0.0275. The van der Waals surface area contributed by atoms with Crippen LogP contribution in [0.5, 0.6) is 0 Å². The number of fused-ring (bicyclic) bond motifs is 5. The second-order valence-corrected chi connectivity index (χ2v) is 14.3. The normalized spacial score (nSPS) is 44.7. The van der Waals surface area contributed by atoms with Crippen molar-refractivity contribution in [1.29, 1.82) is 0 Å². The number of carboxylic acids is 1. The maximum atomic E-state index is 12.6. The molecule has 0 aromatic heterocycles. The van der Waals surface area contributed by atoms with Crippen molar-refractivity contribution in [3.05, 3.63) is 0 Å². The quantitative estimate of drug-likeness (QED) is 0.302. The number of nitrogens with one attached hydrogen (secondary N) is 1. The van der Waals surface area contributed by atoms with E-state index in [-0.39, 0.29) is 34.7 Å². The number of aliphatic hydroxyl groups excluding tert-OH is 3. The summed E-state index contributed by atoms with van der Waals surface area (Å²) in [6.07, 6.45) is 8.05. The maximum absolute atomic E-state index is 12.6. The van der Waals surface area contributed by atoms with E-state index in [1.807, 2.05) is 6.26 Å². The number of aliphatic hydroxyl groups is 3. The highest BCUT2D eigenvalue weighted by Crippen LogP contribution is 2.68. The van der Waals surface area contributed by atoms with Gasteiger partial charge in [-0.05, 0) is 116 Å². The van der Waals surface area contributed by atoms with E-state index in [1.165, 1.54) is 0 Å². The van der Waals surface area contributed by atoms with Crippen LogP contribution < -0.4 is 5.32 Å². The number of amides is 1. The number of aliphatic carboxylic acids is 1. The van der Waals surface area contributed by atoms with Crippen LogP contribution in [-0.2, 0) is 9.59 Å². The molecule has 4 aliphatic carbocycles. The van der Waals surface area contributed by atoms with Gasteiger partial charge in [-0.2, -0.15) is 11.8 Å². The molecule has 212 valence electrons. The molecular weight excluding hydrogens is 490 g/mol. The summed E-state index contributed by atoms with van der Waals surface area (Å²) in [5, 5.41) is 45.1. The highest BCUT2D eigenvalue weighted by atomic mass is 32.2. The highest BCUT2D eigenvalue weighted by molar-refractivity contribution is 7.98. The van der Waals surface area contributed by atoms with Crippen molar-refractivity contribution in [1.82, 2.24) is 5.32 Å². The summed E-state index contributed by atoms with van der Waals surface area (Å²) >= 11 is 1.57. The molecule has 0 radical (unpaired) electrons. The van der Waals surface area contributed by atoms with Crippen LogP contribution in [0.1, 0.15) is 85.0 Å². The van der Waals surface area contributed by atoms with Crippen molar-refractivity contribution < 1.29 is 30.0 Å². The highest BCUT2D eigenvalue weighted by Gasteiger charge is 2.65. The summed E-state index contributed by atoms with van der Waals surface area (Å²) in [5.74, 6) is 1.06. The molecule has 0 aromatic rings. The largest absolute Gasteiger partial charge is 0.480 e. The van der Waals surface area contributed by atoms with Gasteiger partial charge in [0.1, 0.15) is 6.04 Å². The van der Waals surface area contributed by atoms with E-state index in [9.17, 15) is 30.0 Å². The Morgan fingerprint density at radius 2 is 1.62 bits per heavy atom. The second-order valence-electron chi connectivity index (χ2n) is 13.3. The van der Waals surface area contributed by atoms with Crippen LogP contribution in [0.4, 0.5) is 0 Å². The molecule has 0 aromatic carbocycles. The van der Waals surface area contributed by atoms with Crippen molar-refractivity contribution in [2.24, 2.45) is 46.3 Å². The fourth-order valence-electron chi connectivity index (χ4n) is 9.53. The molecule has 4 saturated carbocycles. The smallest absolute Gasteiger partial charge is 0.326 e. The van der Waals surface area contributed by atoms with Crippen LogP contribution in [0.2, 0.25) is 0 Å². The number of carboxylic acid groups (broad SMARTS) is 1. The minimum atomic E-state index is -0.977. The van der Waals surface area contributed by atoms with Crippen molar-refractivity contribution in [2.45, 2.75) is 109 Å². The molecule has 1 amide bonds. The van der Waals surface area contributed by atoms with Gasteiger partial charge in [-0.3, -0.25) is 4.79 Å². The van der Waals surface area contributed by atoms with Crippen LogP contribution >= 0.6 is 11.8 Å². The summed E-state index contributed by atoms with van der Waals surface area (Å²) in [7, 11) is 0. The molecule has 0 heterocycles. The Bertz CT molecular complexity index is 841. The molecule has 4 aliphatic rings. The Morgan fingerprint density at radius 3 is 2.30 bits per heavy atom. The minimum absolute atomic E-state index is 0.0391. The predicted molar refractivity (Wildman–Crippen MR) is 145 cm³/mol. The molecule has 5 N–H and O–H groups in total. The Morgan fingerprint density at radius 1 is 0.946 bits per heavy atom. The fraction of sp³-hybridized carbons (Fsp3) is 0.931. The van der Waals surface area contributed by atoms with Gasteiger partial charge in [0, 0.05) is 6.42 Å². The Kier molecular flexibility index (Phi) is 8.94. The van der Waals surface area contributed by atoms with Gasteiger partial charge in [-0.1, -0.05) is 20.8 Å². The van der Waals surface area contributed by atoms with Crippen molar-refractivity contribution >= 4 is 23.6 Å². The number of carbonyl (C=O) groups is 2. The van der Waals surface area contributed by atoms with Crippen molar-refractivity contribution in [3.63, 3.8) is 0 Å². The third kappa shape index (κ3) is 5.33. The number of thioether (sulfide) groups is 1. The molecule has 4 fully saturated rings. The van der Waals surface area contributed by atoms with Gasteiger partial charge in [0.15, 0.2) is 0 Å². The first-order valence-electron chi connectivity index (χ1n) is 14.5. The standard InChI is InChI=1S/C29H49NO6S/c1-16(5-8-23(32)30-22(27(35)36)11-14-37-4)18-6-7-19-24-20(10-13-28(18,19)2)29(3)12-9-17(31)15-21(29)25(33)26(24)34/h16-22,24-26,31,33-34H,5-15H2,1-4H3,(H,30,32)(H,35,36)/t16-,17-,18-,19+,20+,21+,22+,24+,25-,26+,28-,29-/m1/s1. The first-order valence-corrected chi connectivity index (χ1v) is 15.9. The molecule has 0 spiro atoms. The van der Waals surface area contributed by atoms with Crippen LogP contribution in [0, 0.1) is 46.3 Å². The second kappa shape index (κ2) is 11.3. The van der Waals surface area contributed by atoms with Crippen LogP contribution in [0.15, 0.2) is 0 Å². The zero-order valence-corrected chi connectivity index (χ0v) is 23.9. The van der Waals surface area contributed by atoms with E-state index in [0.29, 0.717) is 48.7 Å². The lowest BCUT2D eigenvalue weighted by atomic mass is 9.43. The number of hydrogen-bond acceptors (Lipinski definition) is 6. The van der Waals surface area contributed by atoms with E-state index in [0.717, 1.165) is 44.9 Å². The summed E-state index contributed by atoms with van der Waals surface area (Å²) < 4.78 is 0. The Hall–Kier alpha value is -0.830.